The van der Waals surface area contributed by atoms with Crippen molar-refractivity contribution in [3.05, 3.63) is 27.7 Å². The first-order chi connectivity index (χ1) is 6.36. The Morgan fingerprint density at radius 3 is 1.79 bits per heavy atom. The summed E-state index contributed by atoms with van der Waals surface area (Å²) < 4.78 is 0. The second kappa shape index (κ2) is 4.34. The third-order valence-electron chi connectivity index (χ3n) is 2.07. The fourth-order valence-electron chi connectivity index (χ4n) is 1.19. The van der Waals surface area contributed by atoms with Crippen molar-refractivity contribution in [3.63, 3.8) is 0 Å². The highest BCUT2D eigenvalue weighted by Crippen LogP contribution is 2.37. The van der Waals surface area contributed by atoms with Crippen LogP contribution in [0.15, 0.2) is 17.0 Å². The Morgan fingerprint density at radius 2 is 1.50 bits per heavy atom. The Kier molecular flexibility index (Phi) is 3.79. The van der Waals surface area contributed by atoms with Crippen LogP contribution >= 0.6 is 35.0 Å². The number of halogens is 2. The number of thioether (sulfide) groups is 1. The normalized spacial score (nSPS) is 11.9. The van der Waals surface area contributed by atoms with E-state index in [-0.39, 0.29) is 5.41 Å². The van der Waals surface area contributed by atoms with Crippen LogP contribution in [0.4, 0.5) is 0 Å². The van der Waals surface area contributed by atoms with Gasteiger partial charge < -0.3 is 0 Å². The maximum absolute atomic E-state index is 6.14. The standard InChI is InChI=1S/C11H14Cl2S/c1-11(2,3)7-5-8(12)10(14-4)9(13)6-7/h5-6H,1-4H3. The number of rotatable bonds is 1. The first-order valence-electron chi connectivity index (χ1n) is 4.40. The van der Waals surface area contributed by atoms with E-state index in [0.717, 1.165) is 14.9 Å². The first kappa shape index (κ1) is 12.2. The van der Waals surface area contributed by atoms with Crippen molar-refractivity contribution in [1.29, 1.82) is 0 Å². The highest BCUT2D eigenvalue weighted by molar-refractivity contribution is 7.98. The molecule has 78 valence electrons. The molecule has 0 heterocycles. The van der Waals surface area contributed by atoms with Crippen LogP contribution in [0, 0.1) is 0 Å². The van der Waals surface area contributed by atoms with Crippen molar-refractivity contribution < 1.29 is 0 Å². The van der Waals surface area contributed by atoms with Crippen molar-refractivity contribution in [2.75, 3.05) is 6.26 Å². The summed E-state index contributed by atoms with van der Waals surface area (Å²) in [6.45, 7) is 6.44. The van der Waals surface area contributed by atoms with E-state index in [1.54, 1.807) is 11.8 Å². The van der Waals surface area contributed by atoms with E-state index >= 15 is 0 Å². The summed E-state index contributed by atoms with van der Waals surface area (Å²) in [4.78, 5) is 0.960. The Morgan fingerprint density at radius 1 is 1.07 bits per heavy atom. The van der Waals surface area contributed by atoms with Gasteiger partial charge in [-0.25, -0.2) is 0 Å². The molecule has 0 fully saturated rings. The van der Waals surface area contributed by atoms with Crippen molar-refractivity contribution in [2.45, 2.75) is 31.1 Å². The van der Waals surface area contributed by atoms with Gasteiger partial charge in [-0.15, -0.1) is 11.8 Å². The van der Waals surface area contributed by atoms with Crippen LogP contribution in [0.2, 0.25) is 10.0 Å². The molecule has 3 heteroatoms. The largest absolute Gasteiger partial charge is 0.127 e. The summed E-state index contributed by atoms with van der Waals surface area (Å²) >= 11 is 13.8. The third kappa shape index (κ3) is 2.59. The van der Waals surface area contributed by atoms with Crippen LogP contribution in [-0.2, 0) is 5.41 Å². The number of hydrogen-bond donors (Lipinski definition) is 0. The van der Waals surface area contributed by atoms with Gasteiger partial charge in [0.25, 0.3) is 0 Å². The highest BCUT2D eigenvalue weighted by Gasteiger charge is 2.17. The van der Waals surface area contributed by atoms with Crippen LogP contribution in [0.25, 0.3) is 0 Å². The molecule has 0 N–H and O–H groups in total. The summed E-state index contributed by atoms with van der Waals surface area (Å²) in [5.41, 5.74) is 1.26. The molecule has 0 saturated carbocycles. The highest BCUT2D eigenvalue weighted by atomic mass is 35.5. The summed E-state index contributed by atoms with van der Waals surface area (Å²) in [7, 11) is 0. The van der Waals surface area contributed by atoms with Gasteiger partial charge in [-0.05, 0) is 29.4 Å². The summed E-state index contributed by atoms with van der Waals surface area (Å²) in [6.07, 6.45) is 1.98. The SMILES string of the molecule is CSc1c(Cl)cc(C(C)(C)C)cc1Cl. The monoisotopic (exact) mass is 248 g/mol. The molecule has 0 bridgehead atoms. The molecule has 0 aliphatic heterocycles. The minimum absolute atomic E-state index is 0.0875. The minimum Gasteiger partial charge on any atom is -0.127 e. The van der Waals surface area contributed by atoms with Crippen LogP contribution in [0.1, 0.15) is 26.3 Å². The van der Waals surface area contributed by atoms with E-state index in [4.69, 9.17) is 23.2 Å². The number of benzene rings is 1. The lowest BCUT2D eigenvalue weighted by molar-refractivity contribution is 0.590. The zero-order valence-corrected chi connectivity index (χ0v) is 11.1. The molecule has 1 aromatic carbocycles. The third-order valence-corrected chi connectivity index (χ3v) is 3.74. The van der Waals surface area contributed by atoms with Gasteiger partial charge in [0.1, 0.15) is 0 Å². The molecule has 0 unspecified atom stereocenters. The molecule has 0 saturated heterocycles. The minimum atomic E-state index is 0.0875. The van der Waals surface area contributed by atoms with Crippen LogP contribution in [-0.4, -0.2) is 6.26 Å². The molecule has 1 rings (SSSR count). The second-order valence-electron chi connectivity index (χ2n) is 4.22. The van der Waals surface area contributed by atoms with E-state index in [9.17, 15) is 0 Å². The van der Waals surface area contributed by atoms with Gasteiger partial charge in [-0.3, -0.25) is 0 Å². The maximum atomic E-state index is 6.14. The van der Waals surface area contributed by atoms with E-state index in [1.807, 2.05) is 18.4 Å². The van der Waals surface area contributed by atoms with Gasteiger partial charge >= 0.3 is 0 Å². The fourth-order valence-corrected chi connectivity index (χ4v) is 2.65. The van der Waals surface area contributed by atoms with E-state index in [1.165, 1.54) is 5.56 Å². The summed E-state index contributed by atoms with van der Waals surface area (Å²) in [6, 6.07) is 4.00. The Hall–Kier alpha value is 0.150. The summed E-state index contributed by atoms with van der Waals surface area (Å²) in [5.74, 6) is 0. The smallest absolute Gasteiger partial charge is 0.0559 e. The molecule has 0 radical (unpaired) electrons. The molecule has 0 aliphatic carbocycles. The van der Waals surface area contributed by atoms with Crippen LogP contribution in [0.5, 0.6) is 0 Å². The molecule has 0 amide bonds. The quantitative estimate of drug-likeness (QED) is 0.630. The van der Waals surface area contributed by atoms with Gasteiger partial charge in [0, 0.05) is 4.90 Å². The fraction of sp³-hybridized carbons (Fsp3) is 0.455. The predicted octanol–water partition coefficient (Wildman–Crippen LogP) is 5.01. The first-order valence-corrected chi connectivity index (χ1v) is 6.38. The number of hydrogen-bond acceptors (Lipinski definition) is 1. The van der Waals surface area contributed by atoms with Crippen molar-refractivity contribution in [3.8, 4) is 0 Å². The topological polar surface area (TPSA) is 0 Å². The molecule has 1 aromatic rings. The predicted molar refractivity (Wildman–Crippen MR) is 66.9 cm³/mol. The molecule has 0 aliphatic rings. The summed E-state index contributed by atoms with van der Waals surface area (Å²) in [5, 5.41) is 1.49. The lowest BCUT2D eigenvalue weighted by Gasteiger charge is -2.20. The van der Waals surface area contributed by atoms with Gasteiger partial charge in [0.2, 0.25) is 0 Å². The lowest BCUT2D eigenvalue weighted by atomic mass is 9.87. The molecular weight excluding hydrogens is 235 g/mol. The van der Waals surface area contributed by atoms with Gasteiger partial charge in [-0.1, -0.05) is 44.0 Å². The second-order valence-corrected chi connectivity index (χ2v) is 5.85. The van der Waals surface area contributed by atoms with E-state index in [2.05, 4.69) is 20.8 Å². The molecular formula is C11H14Cl2S. The van der Waals surface area contributed by atoms with Crippen molar-refractivity contribution >= 4 is 35.0 Å². The van der Waals surface area contributed by atoms with Gasteiger partial charge in [0.05, 0.1) is 10.0 Å². The average Bonchev–Trinajstić information content (AvgIpc) is 2.01. The molecule has 14 heavy (non-hydrogen) atoms. The van der Waals surface area contributed by atoms with E-state index in [0.29, 0.717) is 0 Å². The van der Waals surface area contributed by atoms with Crippen molar-refractivity contribution in [2.24, 2.45) is 0 Å². The Balaban J connectivity index is 3.28. The van der Waals surface area contributed by atoms with Crippen LogP contribution in [0.3, 0.4) is 0 Å². The zero-order chi connectivity index (χ0) is 10.9. The molecule has 0 aromatic heterocycles. The maximum Gasteiger partial charge on any atom is 0.0559 e. The average molecular weight is 249 g/mol. The Bertz CT molecular complexity index is 317. The molecule has 0 atom stereocenters. The van der Waals surface area contributed by atoms with E-state index < -0.39 is 0 Å². The molecule has 0 nitrogen and oxygen atoms in total. The van der Waals surface area contributed by atoms with Gasteiger partial charge in [0.15, 0.2) is 0 Å². The lowest BCUT2D eigenvalue weighted by Crippen LogP contribution is -2.11. The Labute approximate surface area is 100.0 Å². The molecule has 0 spiro atoms. The van der Waals surface area contributed by atoms with Gasteiger partial charge in [-0.2, -0.15) is 0 Å². The van der Waals surface area contributed by atoms with Crippen molar-refractivity contribution in [1.82, 2.24) is 0 Å². The van der Waals surface area contributed by atoms with Crippen LogP contribution < -0.4 is 0 Å². The zero-order valence-electron chi connectivity index (χ0n) is 8.82.